The number of piperidine rings is 1. The molecular formula is C17H28N2O. The summed E-state index contributed by atoms with van der Waals surface area (Å²) >= 11 is 0. The van der Waals surface area contributed by atoms with Gasteiger partial charge >= 0.3 is 0 Å². The van der Waals surface area contributed by atoms with E-state index >= 15 is 0 Å². The second-order valence-electron chi connectivity index (χ2n) is 6.20. The molecule has 2 atom stereocenters. The quantitative estimate of drug-likeness (QED) is 0.864. The molecule has 2 unspecified atom stereocenters. The van der Waals surface area contributed by atoms with Crippen molar-refractivity contribution in [2.75, 3.05) is 33.3 Å². The molecule has 1 aliphatic rings. The third kappa shape index (κ3) is 5.14. The summed E-state index contributed by atoms with van der Waals surface area (Å²) in [5.74, 6) is 1.75. The van der Waals surface area contributed by atoms with Gasteiger partial charge in [0.25, 0.3) is 0 Å². The van der Waals surface area contributed by atoms with Crippen LogP contribution in [0.15, 0.2) is 24.3 Å². The second kappa shape index (κ2) is 7.65. The zero-order chi connectivity index (χ0) is 14.4. The van der Waals surface area contributed by atoms with Crippen LogP contribution in [0.3, 0.4) is 0 Å². The van der Waals surface area contributed by atoms with Gasteiger partial charge in [0.05, 0.1) is 0 Å². The van der Waals surface area contributed by atoms with Gasteiger partial charge in [0.15, 0.2) is 0 Å². The Labute approximate surface area is 123 Å². The average Bonchev–Trinajstić information content (AvgIpc) is 2.45. The first-order valence-corrected chi connectivity index (χ1v) is 7.75. The molecule has 0 spiro atoms. The summed E-state index contributed by atoms with van der Waals surface area (Å²) in [6.45, 7) is 8.59. The Balaban J connectivity index is 1.65. The number of ether oxygens (including phenoxy) is 1. The van der Waals surface area contributed by atoms with Crippen molar-refractivity contribution in [1.82, 2.24) is 10.2 Å². The molecule has 1 saturated heterocycles. The summed E-state index contributed by atoms with van der Waals surface area (Å²) < 4.78 is 5.81. The highest BCUT2D eigenvalue weighted by Crippen LogP contribution is 2.14. The maximum Gasteiger partial charge on any atom is 0.119 e. The first-order chi connectivity index (χ1) is 9.63. The van der Waals surface area contributed by atoms with Crippen molar-refractivity contribution >= 4 is 0 Å². The maximum absolute atomic E-state index is 5.81. The van der Waals surface area contributed by atoms with Crippen molar-refractivity contribution in [2.24, 2.45) is 5.92 Å². The fraction of sp³-hybridized carbons (Fsp3) is 0.647. The number of hydrogen-bond donors (Lipinski definition) is 1. The van der Waals surface area contributed by atoms with Crippen LogP contribution in [-0.2, 0) is 0 Å². The minimum atomic E-state index is 0.392. The molecule has 0 aliphatic carbocycles. The molecule has 0 aromatic heterocycles. The Morgan fingerprint density at radius 3 is 2.80 bits per heavy atom. The van der Waals surface area contributed by atoms with Crippen LogP contribution >= 0.6 is 0 Å². The second-order valence-corrected chi connectivity index (χ2v) is 6.20. The largest absolute Gasteiger partial charge is 0.492 e. The lowest BCUT2D eigenvalue weighted by atomic mass is 9.98. The van der Waals surface area contributed by atoms with Crippen LogP contribution in [0.25, 0.3) is 0 Å². The van der Waals surface area contributed by atoms with Crippen LogP contribution in [-0.4, -0.2) is 44.2 Å². The van der Waals surface area contributed by atoms with Gasteiger partial charge in [0, 0.05) is 12.6 Å². The van der Waals surface area contributed by atoms with Crippen molar-refractivity contribution in [1.29, 1.82) is 0 Å². The predicted molar refractivity (Wildman–Crippen MR) is 84.4 cm³/mol. The SMILES string of the molecule is Cc1ccc(OCC(C)NCC2CCCN(C)C2)cc1. The molecular weight excluding hydrogens is 248 g/mol. The highest BCUT2D eigenvalue weighted by molar-refractivity contribution is 5.26. The van der Waals surface area contributed by atoms with Crippen LogP contribution in [0.4, 0.5) is 0 Å². The van der Waals surface area contributed by atoms with Crippen molar-refractivity contribution in [3.05, 3.63) is 29.8 Å². The summed E-state index contributed by atoms with van der Waals surface area (Å²) in [4.78, 5) is 2.43. The van der Waals surface area contributed by atoms with E-state index in [-0.39, 0.29) is 0 Å². The average molecular weight is 276 g/mol. The van der Waals surface area contributed by atoms with E-state index < -0.39 is 0 Å². The van der Waals surface area contributed by atoms with Gasteiger partial charge in [0.2, 0.25) is 0 Å². The van der Waals surface area contributed by atoms with Gasteiger partial charge < -0.3 is 15.0 Å². The molecule has 1 heterocycles. The molecule has 20 heavy (non-hydrogen) atoms. The Bertz CT molecular complexity index is 390. The molecule has 1 aliphatic heterocycles. The monoisotopic (exact) mass is 276 g/mol. The molecule has 1 aromatic rings. The van der Waals surface area contributed by atoms with E-state index in [1.807, 2.05) is 12.1 Å². The van der Waals surface area contributed by atoms with Gasteiger partial charge in [-0.15, -0.1) is 0 Å². The summed E-state index contributed by atoms with van der Waals surface area (Å²) in [7, 11) is 2.22. The number of nitrogens with zero attached hydrogens (tertiary/aromatic N) is 1. The lowest BCUT2D eigenvalue weighted by molar-refractivity contribution is 0.196. The van der Waals surface area contributed by atoms with Crippen LogP contribution in [0, 0.1) is 12.8 Å². The van der Waals surface area contributed by atoms with E-state index in [9.17, 15) is 0 Å². The highest BCUT2D eigenvalue weighted by Gasteiger charge is 2.17. The molecule has 0 amide bonds. The van der Waals surface area contributed by atoms with Gasteiger partial charge in [-0.1, -0.05) is 17.7 Å². The molecule has 112 valence electrons. The normalized spacial score (nSPS) is 21.6. The van der Waals surface area contributed by atoms with Crippen LogP contribution in [0.2, 0.25) is 0 Å². The predicted octanol–water partition coefficient (Wildman–Crippen LogP) is 2.69. The van der Waals surface area contributed by atoms with E-state index in [0.717, 1.165) is 24.8 Å². The van der Waals surface area contributed by atoms with Gasteiger partial charge in [0.1, 0.15) is 12.4 Å². The standard InChI is InChI=1S/C17H28N2O/c1-14-6-8-17(9-7-14)20-13-15(2)18-11-16-5-4-10-19(3)12-16/h6-9,15-16,18H,4-5,10-13H2,1-3H3. The molecule has 1 N–H and O–H groups in total. The molecule has 0 bridgehead atoms. The zero-order valence-electron chi connectivity index (χ0n) is 13.1. The Morgan fingerprint density at radius 1 is 1.35 bits per heavy atom. The van der Waals surface area contributed by atoms with E-state index in [2.05, 4.69) is 43.2 Å². The van der Waals surface area contributed by atoms with Gasteiger partial charge in [-0.05, 0) is 64.9 Å². The maximum atomic E-state index is 5.81. The topological polar surface area (TPSA) is 24.5 Å². The van der Waals surface area contributed by atoms with Crippen LogP contribution < -0.4 is 10.1 Å². The Morgan fingerprint density at radius 2 is 2.10 bits per heavy atom. The molecule has 2 rings (SSSR count). The van der Waals surface area contributed by atoms with Crippen molar-refractivity contribution < 1.29 is 4.74 Å². The minimum absolute atomic E-state index is 0.392. The van der Waals surface area contributed by atoms with E-state index in [4.69, 9.17) is 4.74 Å². The lowest BCUT2D eigenvalue weighted by Gasteiger charge is -2.30. The number of aryl methyl sites for hydroxylation is 1. The lowest BCUT2D eigenvalue weighted by Crippen LogP contribution is -2.41. The number of benzene rings is 1. The number of likely N-dealkylation sites (tertiary alicyclic amines) is 1. The highest BCUT2D eigenvalue weighted by atomic mass is 16.5. The summed E-state index contributed by atoms with van der Waals surface area (Å²) in [6.07, 6.45) is 2.68. The van der Waals surface area contributed by atoms with Crippen LogP contribution in [0.1, 0.15) is 25.3 Å². The summed E-state index contributed by atoms with van der Waals surface area (Å²) in [5.41, 5.74) is 1.27. The summed E-state index contributed by atoms with van der Waals surface area (Å²) in [5, 5.41) is 3.60. The Kier molecular flexibility index (Phi) is 5.86. The van der Waals surface area contributed by atoms with Crippen molar-refractivity contribution in [3.63, 3.8) is 0 Å². The third-order valence-electron chi connectivity index (χ3n) is 4.00. The van der Waals surface area contributed by atoms with Gasteiger partial charge in [-0.2, -0.15) is 0 Å². The van der Waals surface area contributed by atoms with Crippen LogP contribution in [0.5, 0.6) is 5.75 Å². The molecule has 3 heteroatoms. The van der Waals surface area contributed by atoms with E-state index in [0.29, 0.717) is 6.04 Å². The third-order valence-corrected chi connectivity index (χ3v) is 4.00. The fourth-order valence-electron chi connectivity index (χ4n) is 2.72. The van der Waals surface area contributed by atoms with Gasteiger partial charge in [-0.25, -0.2) is 0 Å². The smallest absolute Gasteiger partial charge is 0.119 e. The first kappa shape index (κ1) is 15.3. The minimum Gasteiger partial charge on any atom is -0.492 e. The fourth-order valence-corrected chi connectivity index (χ4v) is 2.72. The van der Waals surface area contributed by atoms with E-state index in [1.54, 1.807) is 0 Å². The number of rotatable bonds is 6. The van der Waals surface area contributed by atoms with Crippen molar-refractivity contribution in [3.8, 4) is 5.75 Å². The molecule has 1 aromatic carbocycles. The van der Waals surface area contributed by atoms with E-state index in [1.165, 1.54) is 31.5 Å². The first-order valence-electron chi connectivity index (χ1n) is 7.75. The Hall–Kier alpha value is -1.06. The summed E-state index contributed by atoms with van der Waals surface area (Å²) in [6, 6.07) is 8.65. The van der Waals surface area contributed by atoms with Gasteiger partial charge in [-0.3, -0.25) is 0 Å². The van der Waals surface area contributed by atoms with Crippen molar-refractivity contribution in [2.45, 2.75) is 32.7 Å². The number of nitrogens with one attached hydrogen (secondary N) is 1. The zero-order valence-corrected chi connectivity index (χ0v) is 13.1. The molecule has 1 fully saturated rings. The molecule has 0 saturated carbocycles. The number of hydrogen-bond acceptors (Lipinski definition) is 3. The molecule has 0 radical (unpaired) electrons. The molecule has 3 nitrogen and oxygen atoms in total.